The Morgan fingerprint density at radius 3 is 2.38 bits per heavy atom. The minimum absolute atomic E-state index is 0.419. The first kappa shape index (κ1) is 12.7. The van der Waals surface area contributed by atoms with E-state index in [4.69, 9.17) is 10.5 Å². The molecule has 1 aromatic rings. The summed E-state index contributed by atoms with van der Waals surface area (Å²) in [6, 6.07) is 0.419. The molecule has 0 atom stereocenters. The van der Waals surface area contributed by atoms with Gasteiger partial charge in [0.25, 0.3) is 0 Å². The highest BCUT2D eigenvalue weighted by atomic mass is 16.5. The van der Waals surface area contributed by atoms with Crippen molar-refractivity contribution in [2.75, 3.05) is 12.3 Å². The topological polar surface area (TPSA) is 61.0 Å². The van der Waals surface area contributed by atoms with Crippen LogP contribution in [0.25, 0.3) is 0 Å². The van der Waals surface area contributed by atoms with E-state index in [0.717, 1.165) is 6.42 Å². The first-order chi connectivity index (χ1) is 7.83. The number of nitrogen functional groups attached to an aromatic ring is 1. The summed E-state index contributed by atoms with van der Waals surface area (Å²) in [6.45, 7) is 2.91. The highest BCUT2D eigenvalue weighted by Gasteiger charge is 1.96. The summed E-state index contributed by atoms with van der Waals surface area (Å²) in [5, 5.41) is 0. The average Bonchev–Trinajstić information content (AvgIpc) is 2.30. The van der Waals surface area contributed by atoms with E-state index in [1.54, 1.807) is 12.4 Å². The molecule has 4 heteroatoms. The fourth-order valence-electron chi connectivity index (χ4n) is 1.45. The molecule has 2 N–H and O–H groups in total. The van der Waals surface area contributed by atoms with Crippen LogP contribution in [0.1, 0.15) is 45.4 Å². The van der Waals surface area contributed by atoms with Crippen molar-refractivity contribution >= 4 is 5.69 Å². The molecular formula is C12H21N3O. The van der Waals surface area contributed by atoms with Crippen LogP contribution in [0, 0.1) is 0 Å². The van der Waals surface area contributed by atoms with Crippen molar-refractivity contribution in [3.05, 3.63) is 12.4 Å². The predicted octanol–water partition coefficient (Wildman–Crippen LogP) is 2.80. The van der Waals surface area contributed by atoms with Gasteiger partial charge >= 0.3 is 6.01 Å². The second-order valence-electron chi connectivity index (χ2n) is 3.92. The maximum atomic E-state index is 5.47. The van der Waals surface area contributed by atoms with Gasteiger partial charge in [0.15, 0.2) is 0 Å². The lowest BCUT2D eigenvalue weighted by molar-refractivity contribution is 0.281. The van der Waals surface area contributed by atoms with Crippen LogP contribution < -0.4 is 10.5 Å². The minimum atomic E-state index is 0.419. The van der Waals surface area contributed by atoms with E-state index in [1.165, 1.54) is 32.1 Å². The zero-order chi connectivity index (χ0) is 11.6. The molecule has 0 amide bonds. The van der Waals surface area contributed by atoms with Crippen LogP contribution in [0.2, 0.25) is 0 Å². The number of nitrogens with zero attached hydrogens (tertiary/aromatic N) is 2. The van der Waals surface area contributed by atoms with Gasteiger partial charge in [0.1, 0.15) is 0 Å². The number of unbranched alkanes of at least 4 members (excludes halogenated alkanes) is 5. The fraction of sp³-hybridized carbons (Fsp3) is 0.667. The van der Waals surface area contributed by atoms with Crippen molar-refractivity contribution in [1.29, 1.82) is 0 Å². The summed E-state index contributed by atoms with van der Waals surface area (Å²) in [6.07, 6.45) is 10.6. The van der Waals surface area contributed by atoms with Crippen LogP contribution in [0.3, 0.4) is 0 Å². The summed E-state index contributed by atoms with van der Waals surface area (Å²) in [5.74, 6) is 0. The molecule has 0 fully saturated rings. The van der Waals surface area contributed by atoms with E-state index in [0.29, 0.717) is 18.3 Å². The lowest BCUT2D eigenvalue weighted by atomic mass is 10.1. The first-order valence-corrected chi connectivity index (χ1v) is 6.03. The standard InChI is InChI=1S/C12H21N3O/c1-2-3-4-5-6-7-8-16-12-14-9-11(13)10-15-12/h9-10H,2-8,13H2,1H3. The normalized spacial score (nSPS) is 10.3. The molecular weight excluding hydrogens is 202 g/mol. The molecule has 0 spiro atoms. The molecule has 0 bridgehead atoms. The van der Waals surface area contributed by atoms with Gasteiger partial charge in [-0.2, -0.15) is 0 Å². The number of nitrogens with two attached hydrogens (primary N) is 1. The van der Waals surface area contributed by atoms with E-state index in [-0.39, 0.29) is 0 Å². The summed E-state index contributed by atoms with van der Waals surface area (Å²) in [5.41, 5.74) is 6.03. The number of ether oxygens (including phenoxy) is 1. The lowest BCUT2D eigenvalue weighted by Gasteiger charge is -2.03. The zero-order valence-electron chi connectivity index (χ0n) is 9.98. The van der Waals surface area contributed by atoms with Crippen molar-refractivity contribution in [1.82, 2.24) is 9.97 Å². The van der Waals surface area contributed by atoms with Crippen molar-refractivity contribution in [3.8, 4) is 6.01 Å². The largest absolute Gasteiger partial charge is 0.463 e. The Hall–Kier alpha value is -1.32. The Labute approximate surface area is 97.2 Å². The van der Waals surface area contributed by atoms with E-state index < -0.39 is 0 Å². The molecule has 0 aliphatic heterocycles. The summed E-state index contributed by atoms with van der Waals surface area (Å²) >= 11 is 0. The molecule has 0 saturated carbocycles. The van der Waals surface area contributed by atoms with Crippen molar-refractivity contribution in [2.45, 2.75) is 45.4 Å². The fourth-order valence-corrected chi connectivity index (χ4v) is 1.45. The van der Waals surface area contributed by atoms with E-state index in [2.05, 4.69) is 16.9 Å². The third-order valence-corrected chi connectivity index (χ3v) is 2.38. The van der Waals surface area contributed by atoms with Gasteiger partial charge in [0, 0.05) is 0 Å². The number of rotatable bonds is 8. The molecule has 0 unspecified atom stereocenters. The van der Waals surface area contributed by atoms with Gasteiger partial charge in [-0.3, -0.25) is 0 Å². The molecule has 1 aromatic heterocycles. The second-order valence-corrected chi connectivity index (χ2v) is 3.92. The van der Waals surface area contributed by atoms with E-state index >= 15 is 0 Å². The van der Waals surface area contributed by atoms with Gasteiger partial charge in [0.2, 0.25) is 0 Å². The molecule has 0 aromatic carbocycles. The van der Waals surface area contributed by atoms with Gasteiger partial charge in [-0.1, -0.05) is 39.0 Å². The third-order valence-electron chi connectivity index (χ3n) is 2.38. The van der Waals surface area contributed by atoms with Crippen molar-refractivity contribution in [3.63, 3.8) is 0 Å². The molecule has 1 rings (SSSR count). The predicted molar refractivity (Wildman–Crippen MR) is 65.3 cm³/mol. The molecule has 4 nitrogen and oxygen atoms in total. The van der Waals surface area contributed by atoms with E-state index in [1.807, 2.05) is 0 Å². The summed E-state index contributed by atoms with van der Waals surface area (Å²) in [4.78, 5) is 7.93. The second kappa shape index (κ2) is 7.91. The Morgan fingerprint density at radius 1 is 1.06 bits per heavy atom. The maximum absolute atomic E-state index is 5.47. The minimum Gasteiger partial charge on any atom is -0.463 e. The van der Waals surface area contributed by atoms with E-state index in [9.17, 15) is 0 Å². The number of anilines is 1. The average molecular weight is 223 g/mol. The van der Waals surface area contributed by atoms with Crippen LogP contribution in [-0.4, -0.2) is 16.6 Å². The van der Waals surface area contributed by atoms with Crippen LogP contribution >= 0.6 is 0 Å². The van der Waals surface area contributed by atoms with Gasteiger partial charge in [-0.25, -0.2) is 9.97 Å². The van der Waals surface area contributed by atoms with Crippen LogP contribution in [-0.2, 0) is 0 Å². The number of hydrogen-bond acceptors (Lipinski definition) is 4. The first-order valence-electron chi connectivity index (χ1n) is 6.03. The monoisotopic (exact) mass is 223 g/mol. The number of hydrogen-bond donors (Lipinski definition) is 1. The molecule has 0 aliphatic carbocycles. The van der Waals surface area contributed by atoms with Gasteiger partial charge in [-0.15, -0.1) is 0 Å². The van der Waals surface area contributed by atoms with Crippen molar-refractivity contribution < 1.29 is 4.74 Å². The SMILES string of the molecule is CCCCCCCCOc1ncc(N)cn1. The zero-order valence-corrected chi connectivity index (χ0v) is 9.98. The molecule has 90 valence electrons. The molecule has 0 aliphatic rings. The van der Waals surface area contributed by atoms with Gasteiger partial charge < -0.3 is 10.5 Å². The summed E-state index contributed by atoms with van der Waals surface area (Å²) < 4.78 is 5.39. The van der Waals surface area contributed by atoms with Crippen LogP contribution in [0.4, 0.5) is 5.69 Å². The summed E-state index contributed by atoms with van der Waals surface area (Å²) in [7, 11) is 0. The molecule has 0 radical (unpaired) electrons. The lowest BCUT2D eigenvalue weighted by Crippen LogP contribution is -2.01. The Kier molecular flexibility index (Phi) is 6.30. The highest BCUT2D eigenvalue weighted by Crippen LogP contribution is 2.07. The maximum Gasteiger partial charge on any atom is 0.316 e. The van der Waals surface area contributed by atoms with Crippen molar-refractivity contribution in [2.24, 2.45) is 0 Å². The highest BCUT2D eigenvalue weighted by molar-refractivity contribution is 5.30. The molecule has 16 heavy (non-hydrogen) atoms. The smallest absolute Gasteiger partial charge is 0.316 e. The van der Waals surface area contributed by atoms with Gasteiger partial charge in [0.05, 0.1) is 24.7 Å². The number of aromatic nitrogens is 2. The van der Waals surface area contributed by atoms with Gasteiger partial charge in [-0.05, 0) is 6.42 Å². The Morgan fingerprint density at radius 2 is 1.69 bits per heavy atom. The molecule has 0 saturated heterocycles. The molecule has 1 heterocycles. The third kappa shape index (κ3) is 5.53. The quantitative estimate of drug-likeness (QED) is 0.688. The Bertz CT molecular complexity index is 274. The van der Waals surface area contributed by atoms with Crippen LogP contribution in [0.15, 0.2) is 12.4 Å². The Balaban J connectivity index is 2.01. The van der Waals surface area contributed by atoms with Crippen LogP contribution in [0.5, 0.6) is 6.01 Å².